The molecule has 0 aromatic carbocycles. The third-order valence-corrected chi connectivity index (χ3v) is 3.79. The summed E-state index contributed by atoms with van der Waals surface area (Å²) in [6.45, 7) is 5.52. The monoisotopic (exact) mass is 231 g/mol. The second kappa shape index (κ2) is 4.32. The average molecular weight is 231 g/mol. The van der Waals surface area contributed by atoms with E-state index in [-0.39, 0.29) is 11.1 Å². The van der Waals surface area contributed by atoms with Gasteiger partial charge >= 0.3 is 0 Å². The molecule has 0 fully saturated rings. The summed E-state index contributed by atoms with van der Waals surface area (Å²) < 4.78 is 27.8. The van der Waals surface area contributed by atoms with Crippen molar-refractivity contribution in [2.45, 2.75) is 38.3 Å². The first kappa shape index (κ1) is 12.2. The molecule has 1 heterocycles. The van der Waals surface area contributed by atoms with Crippen LogP contribution in [-0.4, -0.2) is 24.0 Å². The Kier molecular flexibility index (Phi) is 3.51. The van der Waals surface area contributed by atoms with E-state index in [9.17, 15) is 8.42 Å². The predicted molar refractivity (Wildman–Crippen MR) is 58.0 cm³/mol. The highest BCUT2D eigenvalue weighted by Gasteiger charge is 2.19. The van der Waals surface area contributed by atoms with Crippen LogP contribution >= 0.6 is 0 Å². The van der Waals surface area contributed by atoms with Crippen LogP contribution in [0.15, 0.2) is 11.2 Å². The van der Waals surface area contributed by atoms with Crippen LogP contribution in [0.5, 0.6) is 0 Å². The number of nitrogens with one attached hydrogen (secondary N) is 1. The number of sulfonamides is 1. The molecule has 0 spiro atoms. The lowest BCUT2D eigenvalue weighted by atomic mass is 10.3. The van der Waals surface area contributed by atoms with Crippen molar-refractivity contribution in [1.82, 2.24) is 14.3 Å². The van der Waals surface area contributed by atoms with Crippen molar-refractivity contribution in [1.29, 1.82) is 0 Å². The number of rotatable bonds is 4. The van der Waals surface area contributed by atoms with Gasteiger partial charge in [-0.05, 0) is 20.3 Å². The lowest BCUT2D eigenvalue weighted by Gasteiger charge is -2.09. The topological polar surface area (TPSA) is 64.0 Å². The van der Waals surface area contributed by atoms with E-state index in [0.29, 0.717) is 5.82 Å². The normalized spacial score (nSPS) is 14.1. The predicted octanol–water partition coefficient (Wildman–Crippen LogP) is 0.805. The zero-order valence-corrected chi connectivity index (χ0v) is 10.3. The smallest absolute Gasteiger partial charge is 0.259 e. The van der Waals surface area contributed by atoms with Crippen LogP contribution in [0.3, 0.4) is 0 Å². The molecule has 0 bridgehead atoms. The van der Waals surface area contributed by atoms with Crippen LogP contribution in [0.1, 0.15) is 26.1 Å². The maximum absolute atomic E-state index is 11.8. The van der Waals surface area contributed by atoms with Gasteiger partial charge in [0, 0.05) is 19.3 Å². The van der Waals surface area contributed by atoms with Gasteiger partial charge in [0.2, 0.25) is 0 Å². The number of aromatic nitrogens is 2. The number of hydrogen-bond acceptors (Lipinski definition) is 3. The highest BCUT2D eigenvalue weighted by molar-refractivity contribution is 7.89. The molecular weight excluding hydrogens is 214 g/mol. The molecule has 0 saturated carbocycles. The standard InChI is InChI=1S/C9H17N3O2S/c1-5-7(2)11-15(13,14)9-6-12(4)8(3)10-9/h6-7,11H,5H2,1-4H3. The summed E-state index contributed by atoms with van der Waals surface area (Å²) in [6.07, 6.45) is 2.27. The van der Waals surface area contributed by atoms with E-state index in [1.165, 1.54) is 6.20 Å². The molecule has 5 nitrogen and oxygen atoms in total. The molecule has 1 N–H and O–H groups in total. The first-order valence-electron chi connectivity index (χ1n) is 4.89. The molecule has 1 aromatic heterocycles. The minimum absolute atomic E-state index is 0.0719. The second-order valence-corrected chi connectivity index (χ2v) is 5.33. The Hall–Kier alpha value is -0.880. The summed E-state index contributed by atoms with van der Waals surface area (Å²) in [5.41, 5.74) is 0. The van der Waals surface area contributed by atoms with Crippen LogP contribution in [0.25, 0.3) is 0 Å². The number of hydrogen-bond donors (Lipinski definition) is 1. The van der Waals surface area contributed by atoms with Crippen LogP contribution in [-0.2, 0) is 17.1 Å². The Labute approximate surface area is 90.6 Å². The number of nitrogens with zero attached hydrogens (tertiary/aromatic N) is 2. The van der Waals surface area contributed by atoms with Gasteiger partial charge in [-0.25, -0.2) is 18.1 Å². The maximum Gasteiger partial charge on any atom is 0.259 e. The Morgan fingerprint density at radius 3 is 2.60 bits per heavy atom. The van der Waals surface area contributed by atoms with E-state index in [2.05, 4.69) is 9.71 Å². The van der Waals surface area contributed by atoms with Crippen LogP contribution in [0, 0.1) is 6.92 Å². The van der Waals surface area contributed by atoms with Crippen molar-refractivity contribution in [3.63, 3.8) is 0 Å². The largest absolute Gasteiger partial charge is 0.337 e. The van der Waals surface area contributed by atoms with Gasteiger partial charge in [0.15, 0.2) is 5.03 Å². The van der Waals surface area contributed by atoms with E-state index in [0.717, 1.165) is 6.42 Å². The third-order valence-electron chi connectivity index (χ3n) is 2.33. The Morgan fingerprint density at radius 1 is 1.60 bits per heavy atom. The molecule has 1 unspecified atom stereocenters. The minimum atomic E-state index is -3.46. The van der Waals surface area contributed by atoms with Crippen molar-refractivity contribution in [2.24, 2.45) is 7.05 Å². The molecule has 1 rings (SSSR count). The summed E-state index contributed by atoms with van der Waals surface area (Å²) in [7, 11) is -1.69. The molecule has 0 saturated heterocycles. The molecule has 86 valence electrons. The molecule has 0 aliphatic rings. The van der Waals surface area contributed by atoms with Crippen LogP contribution < -0.4 is 4.72 Å². The molecule has 1 aromatic rings. The minimum Gasteiger partial charge on any atom is -0.337 e. The van der Waals surface area contributed by atoms with E-state index in [1.54, 1.807) is 18.5 Å². The molecule has 0 aliphatic heterocycles. The van der Waals surface area contributed by atoms with Crippen molar-refractivity contribution in [2.75, 3.05) is 0 Å². The third kappa shape index (κ3) is 2.79. The quantitative estimate of drug-likeness (QED) is 0.834. The first-order valence-corrected chi connectivity index (χ1v) is 6.37. The highest BCUT2D eigenvalue weighted by Crippen LogP contribution is 2.08. The number of aryl methyl sites for hydroxylation is 2. The van der Waals surface area contributed by atoms with Crippen molar-refractivity contribution in [3.8, 4) is 0 Å². The molecule has 15 heavy (non-hydrogen) atoms. The summed E-state index contributed by atoms with van der Waals surface area (Å²) >= 11 is 0. The molecule has 6 heteroatoms. The van der Waals surface area contributed by atoms with Crippen molar-refractivity contribution in [3.05, 3.63) is 12.0 Å². The summed E-state index contributed by atoms with van der Waals surface area (Å²) in [5, 5.41) is 0.0859. The maximum atomic E-state index is 11.8. The Balaban J connectivity index is 2.96. The molecule has 0 amide bonds. The summed E-state index contributed by atoms with van der Waals surface area (Å²) in [5.74, 6) is 0.680. The average Bonchev–Trinajstić information content (AvgIpc) is 2.47. The van der Waals surface area contributed by atoms with Crippen LogP contribution in [0.2, 0.25) is 0 Å². The van der Waals surface area contributed by atoms with Gasteiger partial charge < -0.3 is 4.57 Å². The number of imidazole rings is 1. The summed E-state index contributed by atoms with van der Waals surface area (Å²) in [4.78, 5) is 3.98. The van der Waals surface area contributed by atoms with E-state index in [4.69, 9.17) is 0 Å². The van der Waals surface area contributed by atoms with E-state index < -0.39 is 10.0 Å². The fourth-order valence-electron chi connectivity index (χ4n) is 1.06. The van der Waals surface area contributed by atoms with E-state index in [1.807, 2.05) is 13.8 Å². The van der Waals surface area contributed by atoms with Crippen LogP contribution in [0.4, 0.5) is 0 Å². The van der Waals surface area contributed by atoms with Gasteiger partial charge in [0.1, 0.15) is 5.82 Å². The lowest BCUT2D eigenvalue weighted by Crippen LogP contribution is -2.32. The Morgan fingerprint density at radius 2 is 2.20 bits per heavy atom. The van der Waals surface area contributed by atoms with Gasteiger partial charge in [-0.3, -0.25) is 0 Å². The molecular formula is C9H17N3O2S. The zero-order chi connectivity index (χ0) is 11.6. The van der Waals surface area contributed by atoms with Gasteiger partial charge in [0.25, 0.3) is 10.0 Å². The first-order chi connectivity index (χ1) is 6.86. The molecule has 1 atom stereocenters. The Bertz CT molecular complexity index is 417. The SMILES string of the molecule is CCC(C)NS(=O)(=O)c1cn(C)c(C)n1. The second-order valence-electron chi connectivity index (χ2n) is 3.67. The molecule has 0 aliphatic carbocycles. The van der Waals surface area contributed by atoms with E-state index >= 15 is 0 Å². The van der Waals surface area contributed by atoms with Gasteiger partial charge in [-0.1, -0.05) is 6.92 Å². The fourth-order valence-corrected chi connectivity index (χ4v) is 2.43. The zero-order valence-electron chi connectivity index (χ0n) is 9.48. The highest BCUT2D eigenvalue weighted by atomic mass is 32.2. The van der Waals surface area contributed by atoms with Crippen molar-refractivity contribution >= 4 is 10.0 Å². The fraction of sp³-hybridized carbons (Fsp3) is 0.667. The summed E-state index contributed by atoms with van der Waals surface area (Å²) in [6, 6.07) is -0.0719. The van der Waals surface area contributed by atoms with Gasteiger partial charge in [-0.15, -0.1) is 0 Å². The molecule has 0 radical (unpaired) electrons. The van der Waals surface area contributed by atoms with Gasteiger partial charge in [-0.2, -0.15) is 0 Å². The lowest BCUT2D eigenvalue weighted by molar-refractivity contribution is 0.553. The van der Waals surface area contributed by atoms with Crippen molar-refractivity contribution < 1.29 is 8.42 Å². The van der Waals surface area contributed by atoms with Gasteiger partial charge in [0.05, 0.1) is 0 Å².